The monoisotopic (exact) mass is 408 g/mol. The summed E-state index contributed by atoms with van der Waals surface area (Å²) >= 11 is 0. The van der Waals surface area contributed by atoms with Crippen LogP contribution >= 0.6 is 0 Å². The lowest BCUT2D eigenvalue weighted by molar-refractivity contribution is -0.154. The molecule has 0 bridgehead atoms. The van der Waals surface area contributed by atoms with Crippen LogP contribution < -0.4 is 0 Å². The number of nitrogens with zero attached hydrogens (tertiary/aromatic N) is 2. The Bertz CT molecular complexity index is 808. The van der Waals surface area contributed by atoms with E-state index in [0.29, 0.717) is 31.7 Å². The van der Waals surface area contributed by atoms with Crippen LogP contribution in [0.15, 0.2) is 35.2 Å². The zero-order chi connectivity index (χ0) is 20.7. The average molecular weight is 409 g/mol. The number of sulfonamides is 1. The molecule has 1 aliphatic heterocycles. The van der Waals surface area contributed by atoms with Gasteiger partial charge in [0.05, 0.1) is 4.90 Å². The van der Waals surface area contributed by atoms with Gasteiger partial charge in [0.25, 0.3) is 5.91 Å². The molecule has 0 spiro atoms. The van der Waals surface area contributed by atoms with Gasteiger partial charge in [-0.15, -0.1) is 0 Å². The van der Waals surface area contributed by atoms with E-state index in [9.17, 15) is 18.0 Å². The molecule has 8 heteroatoms. The van der Waals surface area contributed by atoms with Gasteiger partial charge in [-0.2, -0.15) is 4.31 Å². The molecule has 1 atom stereocenters. The number of ether oxygens (including phenoxy) is 1. The minimum atomic E-state index is -3.51. The van der Waals surface area contributed by atoms with Gasteiger partial charge < -0.3 is 9.64 Å². The van der Waals surface area contributed by atoms with Gasteiger partial charge in [-0.1, -0.05) is 26.0 Å². The van der Waals surface area contributed by atoms with Crippen molar-refractivity contribution in [2.75, 3.05) is 26.2 Å². The second-order valence-electron chi connectivity index (χ2n) is 6.60. The molecular formula is C20H28N2O5S. The van der Waals surface area contributed by atoms with Crippen LogP contribution in [0.1, 0.15) is 39.2 Å². The summed E-state index contributed by atoms with van der Waals surface area (Å²) in [4.78, 5) is 26.0. The largest absolute Gasteiger partial charge is 0.449 e. The van der Waals surface area contributed by atoms with Gasteiger partial charge in [-0.25, -0.2) is 13.2 Å². The lowest BCUT2D eigenvalue weighted by atomic mass is 10.2. The molecule has 0 aromatic heterocycles. The van der Waals surface area contributed by atoms with Crippen LogP contribution in [-0.2, 0) is 24.3 Å². The smallest absolute Gasteiger partial charge is 0.331 e. The van der Waals surface area contributed by atoms with E-state index < -0.39 is 22.1 Å². The van der Waals surface area contributed by atoms with E-state index in [2.05, 4.69) is 0 Å². The number of esters is 1. The molecule has 0 saturated carbocycles. The van der Waals surface area contributed by atoms with Crippen molar-refractivity contribution in [3.05, 3.63) is 35.9 Å². The van der Waals surface area contributed by atoms with Gasteiger partial charge in [0, 0.05) is 32.3 Å². The van der Waals surface area contributed by atoms with Gasteiger partial charge in [0.15, 0.2) is 6.10 Å². The number of benzene rings is 1. The molecule has 0 unspecified atom stereocenters. The lowest BCUT2D eigenvalue weighted by Gasteiger charge is -2.19. The summed E-state index contributed by atoms with van der Waals surface area (Å²) < 4.78 is 31.5. The second kappa shape index (κ2) is 9.84. The van der Waals surface area contributed by atoms with Gasteiger partial charge in [0.2, 0.25) is 10.0 Å². The van der Waals surface area contributed by atoms with Crippen molar-refractivity contribution < 1.29 is 22.7 Å². The highest BCUT2D eigenvalue weighted by Gasteiger charge is 2.25. The number of hydrogen-bond acceptors (Lipinski definition) is 5. The maximum Gasteiger partial charge on any atom is 0.331 e. The molecular weight excluding hydrogens is 380 g/mol. The average Bonchev–Trinajstić information content (AvgIpc) is 3.21. The molecule has 1 heterocycles. The molecule has 1 aliphatic rings. The van der Waals surface area contributed by atoms with Crippen LogP contribution in [0.25, 0.3) is 6.08 Å². The minimum Gasteiger partial charge on any atom is -0.449 e. The highest BCUT2D eigenvalue weighted by atomic mass is 32.2. The number of carbonyl (C=O) groups is 2. The van der Waals surface area contributed by atoms with Crippen LogP contribution in [-0.4, -0.2) is 61.8 Å². The van der Waals surface area contributed by atoms with Crippen molar-refractivity contribution in [1.29, 1.82) is 0 Å². The quantitative estimate of drug-likeness (QED) is 0.487. The topological polar surface area (TPSA) is 84.0 Å². The Balaban J connectivity index is 1.96. The summed E-state index contributed by atoms with van der Waals surface area (Å²) in [5.41, 5.74) is 0.661. The Morgan fingerprint density at radius 2 is 1.71 bits per heavy atom. The molecule has 1 fully saturated rings. The van der Waals surface area contributed by atoms with Crippen molar-refractivity contribution in [2.24, 2.45) is 0 Å². The van der Waals surface area contributed by atoms with Crippen molar-refractivity contribution in [3.8, 4) is 0 Å². The van der Waals surface area contributed by atoms with E-state index in [0.717, 1.165) is 12.8 Å². The molecule has 0 radical (unpaired) electrons. The first-order chi connectivity index (χ1) is 13.3. The Morgan fingerprint density at radius 3 is 2.25 bits per heavy atom. The van der Waals surface area contributed by atoms with E-state index in [4.69, 9.17) is 4.74 Å². The normalized spacial score (nSPS) is 15.9. The third-order valence-corrected chi connectivity index (χ3v) is 6.76. The molecule has 1 aromatic rings. The molecule has 28 heavy (non-hydrogen) atoms. The van der Waals surface area contributed by atoms with Gasteiger partial charge in [-0.3, -0.25) is 4.79 Å². The second-order valence-corrected chi connectivity index (χ2v) is 8.54. The Kier molecular flexibility index (Phi) is 7.77. The maximum absolute atomic E-state index is 12.5. The molecule has 0 N–H and O–H groups in total. The van der Waals surface area contributed by atoms with E-state index in [1.54, 1.807) is 37.8 Å². The van der Waals surface area contributed by atoms with Crippen LogP contribution in [0.2, 0.25) is 0 Å². The first-order valence-electron chi connectivity index (χ1n) is 9.57. The van der Waals surface area contributed by atoms with Crippen LogP contribution in [0.4, 0.5) is 0 Å². The summed E-state index contributed by atoms with van der Waals surface area (Å²) in [6.07, 6.45) is 3.90. The van der Waals surface area contributed by atoms with Crippen LogP contribution in [0.3, 0.4) is 0 Å². The van der Waals surface area contributed by atoms with E-state index >= 15 is 0 Å². The number of rotatable bonds is 8. The SMILES string of the molecule is CCN(CC)S(=O)(=O)c1ccc(/C=C/C(=O)O[C@@H](C)C(=O)N2CCCC2)cc1. The molecule has 1 aromatic carbocycles. The van der Waals surface area contributed by atoms with Gasteiger partial charge >= 0.3 is 5.97 Å². The summed E-state index contributed by atoms with van der Waals surface area (Å²) in [5, 5.41) is 0. The molecule has 1 amide bonds. The first-order valence-corrected chi connectivity index (χ1v) is 11.0. The number of carbonyl (C=O) groups excluding carboxylic acids is 2. The highest BCUT2D eigenvalue weighted by molar-refractivity contribution is 7.89. The third-order valence-electron chi connectivity index (χ3n) is 4.69. The van der Waals surface area contributed by atoms with E-state index in [1.807, 2.05) is 0 Å². The Labute approximate surface area is 167 Å². The standard InChI is InChI=1S/C20H28N2O5S/c1-4-22(5-2)28(25,26)18-11-8-17(9-12-18)10-13-19(23)27-16(3)20(24)21-14-6-7-15-21/h8-13,16H,4-7,14-15H2,1-3H3/b13-10+/t16-/m0/s1. The fourth-order valence-electron chi connectivity index (χ4n) is 3.09. The Morgan fingerprint density at radius 1 is 1.14 bits per heavy atom. The minimum absolute atomic E-state index is 0.176. The third kappa shape index (κ3) is 5.42. The first kappa shape index (κ1) is 22.1. The molecule has 0 aliphatic carbocycles. The molecule has 1 saturated heterocycles. The maximum atomic E-state index is 12.5. The number of amides is 1. The molecule has 2 rings (SSSR count). The summed E-state index contributed by atoms with van der Waals surface area (Å²) in [6.45, 7) is 7.37. The molecule has 7 nitrogen and oxygen atoms in total. The Hall–Kier alpha value is -2.19. The summed E-state index contributed by atoms with van der Waals surface area (Å²) in [7, 11) is -3.51. The number of hydrogen-bond donors (Lipinski definition) is 0. The summed E-state index contributed by atoms with van der Waals surface area (Å²) in [6, 6.07) is 6.27. The van der Waals surface area contributed by atoms with Crippen molar-refractivity contribution in [2.45, 2.75) is 44.6 Å². The fourth-order valence-corrected chi connectivity index (χ4v) is 4.54. The zero-order valence-electron chi connectivity index (χ0n) is 16.6. The van der Waals surface area contributed by atoms with Crippen LogP contribution in [0.5, 0.6) is 0 Å². The molecule has 154 valence electrons. The summed E-state index contributed by atoms with van der Waals surface area (Å²) in [5.74, 6) is -0.787. The fraction of sp³-hybridized carbons (Fsp3) is 0.500. The van der Waals surface area contributed by atoms with Crippen molar-refractivity contribution in [1.82, 2.24) is 9.21 Å². The number of likely N-dealkylation sites (tertiary alicyclic amines) is 1. The highest BCUT2D eigenvalue weighted by Crippen LogP contribution is 2.17. The predicted octanol–water partition coefficient (Wildman–Crippen LogP) is 2.28. The lowest BCUT2D eigenvalue weighted by Crippen LogP contribution is -2.37. The zero-order valence-corrected chi connectivity index (χ0v) is 17.4. The van der Waals surface area contributed by atoms with Gasteiger partial charge in [-0.05, 0) is 43.5 Å². The van der Waals surface area contributed by atoms with E-state index in [1.165, 1.54) is 28.6 Å². The van der Waals surface area contributed by atoms with Crippen molar-refractivity contribution in [3.63, 3.8) is 0 Å². The predicted molar refractivity (Wildman–Crippen MR) is 107 cm³/mol. The van der Waals surface area contributed by atoms with Gasteiger partial charge in [0.1, 0.15) is 0 Å². The van der Waals surface area contributed by atoms with Crippen LogP contribution in [0, 0.1) is 0 Å². The van der Waals surface area contributed by atoms with E-state index in [-0.39, 0.29) is 10.8 Å². The van der Waals surface area contributed by atoms with Crippen molar-refractivity contribution >= 4 is 28.0 Å².